The zero-order chi connectivity index (χ0) is 15.4. The van der Waals surface area contributed by atoms with Gasteiger partial charge in [0.15, 0.2) is 11.5 Å². The van der Waals surface area contributed by atoms with E-state index in [0.717, 1.165) is 24.1 Å². The summed E-state index contributed by atoms with van der Waals surface area (Å²) >= 11 is 0. The van der Waals surface area contributed by atoms with Crippen molar-refractivity contribution >= 4 is 5.97 Å². The zero-order valence-corrected chi connectivity index (χ0v) is 12.6. The minimum absolute atomic E-state index is 0.144. The maximum atomic E-state index is 10.7. The van der Waals surface area contributed by atoms with Crippen molar-refractivity contribution in [2.45, 2.75) is 19.4 Å². The third-order valence-corrected chi connectivity index (χ3v) is 3.75. The minimum Gasteiger partial charge on any atom is -0.493 e. The van der Waals surface area contributed by atoms with Crippen LogP contribution in [0.5, 0.6) is 17.2 Å². The molecule has 1 N–H and O–H groups in total. The number of carbonyl (C=O) groups is 1. The first-order valence-electron chi connectivity index (χ1n) is 6.85. The van der Waals surface area contributed by atoms with Crippen molar-refractivity contribution < 1.29 is 24.1 Å². The number of rotatable bonds is 6. The van der Waals surface area contributed by atoms with Crippen LogP contribution in [0.1, 0.15) is 17.5 Å². The molecule has 1 aliphatic rings. The molecule has 0 saturated carbocycles. The van der Waals surface area contributed by atoms with Crippen LogP contribution in [0.15, 0.2) is 6.07 Å². The zero-order valence-electron chi connectivity index (χ0n) is 12.6. The fourth-order valence-corrected chi connectivity index (χ4v) is 2.69. The number of carboxylic acid groups (broad SMARTS) is 1. The summed E-state index contributed by atoms with van der Waals surface area (Å²) in [7, 11) is 4.79. The molecule has 21 heavy (non-hydrogen) atoms. The lowest BCUT2D eigenvalue weighted by molar-refractivity contribution is -0.137. The molecular formula is C15H21NO5. The smallest absolute Gasteiger partial charge is 0.304 e. The number of ether oxygens (including phenoxy) is 3. The van der Waals surface area contributed by atoms with E-state index in [9.17, 15) is 4.79 Å². The molecule has 6 heteroatoms. The number of carboxylic acids is 1. The first-order chi connectivity index (χ1) is 10.1. The van der Waals surface area contributed by atoms with E-state index in [1.807, 2.05) is 6.07 Å². The molecule has 0 amide bonds. The Labute approximate surface area is 124 Å². The Kier molecular flexibility index (Phi) is 4.90. The third kappa shape index (κ3) is 3.21. The summed E-state index contributed by atoms with van der Waals surface area (Å²) in [6, 6.07) is 1.98. The Hall–Kier alpha value is -1.95. The number of aliphatic carboxylic acids is 1. The molecule has 2 rings (SSSR count). The van der Waals surface area contributed by atoms with E-state index < -0.39 is 5.97 Å². The molecule has 1 heterocycles. The van der Waals surface area contributed by atoms with Crippen molar-refractivity contribution in [1.82, 2.24) is 4.90 Å². The van der Waals surface area contributed by atoms with Crippen molar-refractivity contribution in [3.05, 3.63) is 17.2 Å². The number of fused-ring (bicyclic) bond motifs is 1. The molecule has 0 unspecified atom stereocenters. The van der Waals surface area contributed by atoms with Crippen LogP contribution < -0.4 is 14.2 Å². The highest BCUT2D eigenvalue weighted by Gasteiger charge is 2.25. The van der Waals surface area contributed by atoms with Gasteiger partial charge in [0.05, 0.1) is 27.8 Å². The van der Waals surface area contributed by atoms with E-state index in [4.69, 9.17) is 19.3 Å². The molecule has 0 bridgehead atoms. The summed E-state index contributed by atoms with van der Waals surface area (Å²) in [5, 5.41) is 8.80. The van der Waals surface area contributed by atoms with Crippen LogP contribution in [0, 0.1) is 0 Å². The average Bonchev–Trinajstić information content (AvgIpc) is 2.50. The number of hydrogen-bond donors (Lipinski definition) is 1. The largest absolute Gasteiger partial charge is 0.493 e. The Bertz CT molecular complexity index is 529. The first-order valence-corrected chi connectivity index (χ1v) is 6.85. The van der Waals surface area contributed by atoms with Gasteiger partial charge >= 0.3 is 5.97 Å². The van der Waals surface area contributed by atoms with Gasteiger partial charge in [0, 0.05) is 25.2 Å². The van der Waals surface area contributed by atoms with Gasteiger partial charge in [0.1, 0.15) is 0 Å². The van der Waals surface area contributed by atoms with Crippen LogP contribution >= 0.6 is 0 Å². The quantitative estimate of drug-likeness (QED) is 0.858. The Balaban J connectivity index is 2.31. The third-order valence-electron chi connectivity index (χ3n) is 3.75. The van der Waals surface area contributed by atoms with Gasteiger partial charge in [-0.3, -0.25) is 9.69 Å². The Morgan fingerprint density at radius 3 is 2.52 bits per heavy atom. The lowest BCUT2D eigenvalue weighted by Crippen LogP contribution is -2.32. The molecule has 0 spiro atoms. The lowest BCUT2D eigenvalue weighted by Gasteiger charge is -2.30. The normalized spacial score (nSPS) is 14.4. The van der Waals surface area contributed by atoms with E-state index in [0.29, 0.717) is 30.3 Å². The standard InChI is InChI=1S/C15H21NO5/c1-19-12-8-10-4-6-16(7-5-13(17)18)9-11(10)14(20-2)15(12)21-3/h8H,4-7,9H2,1-3H3,(H,17,18). The molecule has 6 nitrogen and oxygen atoms in total. The van der Waals surface area contributed by atoms with Crippen LogP contribution in [-0.4, -0.2) is 50.4 Å². The van der Waals surface area contributed by atoms with Crippen molar-refractivity contribution in [3.8, 4) is 17.2 Å². The predicted molar refractivity (Wildman–Crippen MR) is 77.3 cm³/mol. The topological polar surface area (TPSA) is 68.2 Å². The minimum atomic E-state index is -0.778. The van der Waals surface area contributed by atoms with Crippen LogP contribution in [0.25, 0.3) is 0 Å². The fourth-order valence-electron chi connectivity index (χ4n) is 2.69. The van der Waals surface area contributed by atoms with E-state index in [2.05, 4.69) is 4.90 Å². The van der Waals surface area contributed by atoms with Crippen molar-refractivity contribution in [2.24, 2.45) is 0 Å². The van der Waals surface area contributed by atoms with Crippen molar-refractivity contribution in [1.29, 1.82) is 0 Å². The predicted octanol–water partition coefficient (Wildman–Crippen LogP) is 1.55. The molecular weight excluding hydrogens is 274 g/mol. The van der Waals surface area contributed by atoms with Gasteiger partial charge in [0.2, 0.25) is 5.75 Å². The SMILES string of the molecule is COc1cc2c(c(OC)c1OC)CN(CCC(=O)O)CC2. The van der Waals surface area contributed by atoms with Crippen molar-refractivity contribution in [2.75, 3.05) is 34.4 Å². The molecule has 0 aliphatic carbocycles. The molecule has 1 aromatic rings. The van der Waals surface area contributed by atoms with Crippen LogP contribution in [0.2, 0.25) is 0 Å². The second kappa shape index (κ2) is 6.67. The summed E-state index contributed by atoms with van der Waals surface area (Å²) in [4.78, 5) is 12.8. The molecule has 1 aromatic carbocycles. The fraction of sp³-hybridized carbons (Fsp3) is 0.533. The number of hydrogen-bond acceptors (Lipinski definition) is 5. The monoisotopic (exact) mass is 295 g/mol. The Morgan fingerprint density at radius 1 is 1.24 bits per heavy atom. The Morgan fingerprint density at radius 2 is 1.95 bits per heavy atom. The maximum absolute atomic E-state index is 10.7. The van der Waals surface area contributed by atoms with E-state index >= 15 is 0 Å². The van der Waals surface area contributed by atoms with Crippen molar-refractivity contribution in [3.63, 3.8) is 0 Å². The number of methoxy groups -OCH3 is 3. The van der Waals surface area contributed by atoms with E-state index in [1.165, 1.54) is 0 Å². The molecule has 116 valence electrons. The van der Waals surface area contributed by atoms with Gasteiger partial charge < -0.3 is 19.3 Å². The molecule has 0 aromatic heterocycles. The second-order valence-electron chi connectivity index (χ2n) is 4.95. The molecule has 0 fully saturated rings. The van der Waals surface area contributed by atoms with Crippen LogP contribution in [0.3, 0.4) is 0 Å². The summed E-state index contributed by atoms with van der Waals surface area (Å²) in [5.74, 6) is 1.14. The van der Waals surface area contributed by atoms with Gasteiger partial charge in [-0.1, -0.05) is 0 Å². The van der Waals surface area contributed by atoms with Gasteiger partial charge in [-0.25, -0.2) is 0 Å². The lowest BCUT2D eigenvalue weighted by atomic mass is 9.97. The first kappa shape index (κ1) is 15.4. The van der Waals surface area contributed by atoms with Gasteiger partial charge in [0.25, 0.3) is 0 Å². The summed E-state index contributed by atoms with van der Waals surface area (Å²) in [6.07, 6.45) is 0.983. The van der Waals surface area contributed by atoms with E-state index in [1.54, 1.807) is 21.3 Å². The summed E-state index contributed by atoms with van der Waals surface area (Å²) in [6.45, 7) is 2.03. The summed E-state index contributed by atoms with van der Waals surface area (Å²) in [5.41, 5.74) is 2.21. The number of nitrogens with zero attached hydrogens (tertiary/aromatic N) is 1. The highest BCUT2D eigenvalue weighted by molar-refractivity contribution is 5.67. The highest BCUT2D eigenvalue weighted by atomic mass is 16.5. The van der Waals surface area contributed by atoms with Crippen LogP contribution in [0.4, 0.5) is 0 Å². The maximum Gasteiger partial charge on any atom is 0.304 e. The molecule has 0 radical (unpaired) electrons. The molecule has 0 saturated heterocycles. The summed E-state index contributed by atoms with van der Waals surface area (Å²) < 4.78 is 16.3. The van der Waals surface area contributed by atoms with Gasteiger partial charge in [-0.2, -0.15) is 0 Å². The second-order valence-corrected chi connectivity index (χ2v) is 4.95. The molecule has 1 aliphatic heterocycles. The number of benzene rings is 1. The van der Waals surface area contributed by atoms with Gasteiger partial charge in [-0.05, 0) is 18.1 Å². The highest BCUT2D eigenvalue weighted by Crippen LogP contribution is 2.43. The van der Waals surface area contributed by atoms with Gasteiger partial charge in [-0.15, -0.1) is 0 Å². The molecule has 0 atom stereocenters. The average molecular weight is 295 g/mol. The van der Waals surface area contributed by atoms with E-state index in [-0.39, 0.29) is 6.42 Å². The van der Waals surface area contributed by atoms with Crippen LogP contribution in [-0.2, 0) is 17.8 Å².